The van der Waals surface area contributed by atoms with Gasteiger partial charge < -0.3 is 15.0 Å². The number of hydrogen-bond acceptors (Lipinski definition) is 5. The Labute approximate surface area is 163 Å². The van der Waals surface area contributed by atoms with E-state index in [1.54, 1.807) is 55.5 Å². The molecule has 146 valence electrons. The summed E-state index contributed by atoms with van der Waals surface area (Å²) in [6.07, 6.45) is 0. The number of anilines is 2. The van der Waals surface area contributed by atoms with E-state index in [2.05, 4.69) is 5.32 Å². The van der Waals surface area contributed by atoms with Crippen molar-refractivity contribution in [2.45, 2.75) is 20.8 Å². The van der Waals surface area contributed by atoms with Crippen LogP contribution >= 0.6 is 0 Å². The van der Waals surface area contributed by atoms with Crippen molar-refractivity contribution in [2.24, 2.45) is 0 Å². The third kappa shape index (κ3) is 5.51. The molecular formula is C21H22N2O5. The summed E-state index contributed by atoms with van der Waals surface area (Å²) in [5, 5.41) is 2.69. The maximum Gasteiger partial charge on any atom is 0.338 e. The Morgan fingerprint density at radius 2 is 1.46 bits per heavy atom. The van der Waals surface area contributed by atoms with Gasteiger partial charge in [-0.2, -0.15) is 0 Å². The van der Waals surface area contributed by atoms with Gasteiger partial charge in [-0.3, -0.25) is 14.4 Å². The summed E-state index contributed by atoms with van der Waals surface area (Å²) < 4.78 is 4.91. The van der Waals surface area contributed by atoms with Crippen LogP contribution in [0.2, 0.25) is 0 Å². The largest absolute Gasteiger partial charge is 0.462 e. The predicted molar refractivity (Wildman–Crippen MR) is 106 cm³/mol. The molecule has 28 heavy (non-hydrogen) atoms. The second kappa shape index (κ2) is 9.45. The lowest BCUT2D eigenvalue weighted by molar-refractivity contribution is -0.120. The normalized spacial score (nSPS) is 10.1. The van der Waals surface area contributed by atoms with Crippen LogP contribution in [-0.2, 0) is 14.3 Å². The monoisotopic (exact) mass is 382 g/mol. The molecule has 0 heterocycles. The highest BCUT2D eigenvalue weighted by atomic mass is 16.5. The molecule has 0 radical (unpaired) electrons. The average molecular weight is 382 g/mol. The molecule has 0 fully saturated rings. The molecule has 2 aromatic rings. The summed E-state index contributed by atoms with van der Waals surface area (Å²) >= 11 is 0. The molecule has 0 unspecified atom stereocenters. The second-order valence-corrected chi connectivity index (χ2v) is 6.05. The Kier molecular flexibility index (Phi) is 7.03. The molecule has 1 N–H and O–H groups in total. The number of esters is 1. The third-order valence-corrected chi connectivity index (χ3v) is 3.95. The van der Waals surface area contributed by atoms with Crippen molar-refractivity contribution < 1.29 is 23.9 Å². The van der Waals surface area contributed by atoms with Gasteiger partial charge in [-0.05, 0) is 62.4 Å². The quantitative estimate of drug-likeness (QED) is 0.587. The molecule has 0 aliphatic rings. The molecule has 7 nitrogen and oxygen atoms in total. The first-order valence-electron chi connectivity index (χ1n) is 8.78. The van der Waals surface area contributed by atoms with E-state index in [9.17, 15) is 19.2 Å². The number of ketones is 1. The van der Waals surface area contributed by atoms with Crippen LogP contribution in [-0.4, -0.2) is 36.7 Å². The topological polar surface area (TPSA) is 92.8 Å². The van der Waals surface area contributed by atoms with Crippen LogP contribution in [0.25, 0.3) is 0 Å². The van der Waals surface area contributed by atoms with Crippen molar-refractivity contribution >= 4 is 34.9 Å². The van der Waals surface area contributed by atoms with Crippen molar-refractivity contribution in [1.82, 2.24) is 0 Å². The van der Waals surface area contributed by atoms with Crippen LogP contribution in [0.3, 0.4) is 0 Å². The van der Waals surface area contributed by atoms with E-state index >= 15 is 0 Å². The molecule has 0 saturated carbocycles. The fraction of sp³-hybridized carbons (Fsp3) is 0.238. The SMILES string of the molecule is CCOC(=O)c1ccc(NC(=O)CN(C(C)=O)c2ccc(C(C)=O)cc2)cc1. The van der Waals surface area contributed by atoms with Gasteiger partial charge in [0.05, 0.1) is 12.2 Å². The van der Waals surface area contributed by atoms with E-state index in [1.807, 2.05) is 0 Å². The van der Waals surface area contributed by atoms with Gasteiger partial charge in [0.2, 0.25) is 11.8 Å². The smallest absolute Gasteiger partial charge is 0.338 e. The zero-order valence-corrected chi connectivity index (χ0v) is 16.0. The van der Waals surface area contributed by atoms with Crippen LogP contribution in [0.15, 0.2) is 48.5 Å². The van der Waals surface area contributed by atoms with Crippen LogP contribution in [0.1, 0.15) is 41.5 Å². The van der Waals surface area contributed by atoms with Crippen molar-refractivity contribution in [3.8, 4) is 0 Å². The Hall–Kier alpha value is -3.48. The summed E-state index contributed by atoms with van der Waals surface area (Å²) in [5.41, 5.74) is 1.92. The number of nitrogens with one attached hydrogen (secondary N) is 1. The highest BCUT2D eigenvalue weighted by Gasteiger charge is 2.16. The van der Waals surface area contributed by atoms with Gasteiger partial charge in [-0.25, -0.2) is 4.79 Å². The number of nitrogens with zero attached hydrogens (tertiary/aromatic N) is 1. The first-order chi connectivity index (χ1) is 13.3. The zero-order valence-electron chi connectivity index (χ0n) is 16.0. The van der Waals surface area contributed by atoms with E-state index in [4.69, 9.17) is 4.74 Å². The van der Waals surface area contributed by atoms with Crippen LogP contribution in [0, 0.1) is 0 Å². The van der Waals surface area contributed by atoms with E-state index < -0.39 is 11.9 Å². The lowest BCUT2D eigenvalue weighted by Crippen LogP contribution is -2.36. The van der Waals surface area contributed by atoms with Crippen LogP contribution < -0.4 is 10.2 Å². The molecule has 2 aromatic carbocycles. The van der Waals surface area contributed by atoms with Gasteiger partial charge in [0.15, 0.2) is 5.78 Å². The fourth-order valence-corrected chi connectivity index (χ4v) is 2.51. The highest BCUT2D eigenvalue weighted by Crippen LogP contribution is 2.17. The first kappa shape index (κ1) is 20.8. The summed E-state index contributed by atoms with van der Waals surface area (Å²) in [5.74, 6) is -1.21. The number of hydrogen-bond donors (Lipinski definition) is 1. The van der Waals surface area contributed by atoms with Crippen molar-refractivity contribution in [2.75, 3.05) is 23.4 Å². The zero-order chi connectivity index (χ0) is 20.7. The summed E-state index contributed by atoms with van der Waals surface area (Å²) in [4.78, 5) is 48.6. The van der Waals surface area contributed by atoms with Gasteiger partial charge >= 0.3 is 5.97 Å². The minimum absolute atomic E-state index is 0.0788. The van der Waals surface area contributed by atoms with Gasteiger partial charge in [-0.1, -0.05) is 0 Å². The fourth-order valence-electron chi connectivity index (χ4n) is 2.51. The standard InChI is InChI=1S/C21H22N2O5/c1-4-28-21(27)17-5-9-18(10-6-17)22-20(26)13-23(15(3)25)19-11-7-16(8-12-19)14(2)24/h5-12H,4,13H2,1-3H3,(H,22,26). The summed E-state index contributed by atoms with van der Waals surface area (Å²) in [6, 6.07) is 12.7. The van der Waals surface area contributed by atoms with Gasteiger partial charge in [0.25, 0.3) is 0 Å². The molecule has 2 amide bonds. The Bertz CT molecular complexity index is 873. The van der Waals surface area contributed by atoms with E-state index in [0.29, 0.717) is 22.5 Å². The Balaban J connectivity index is 2.05. The van der Waals surface area contributed by atoms with E-state index in [1.165, 1.54) is 18.7 Å². The van der Waals surface area contributed by atoms with E-state index in [0.717, 1.165) is 0 Å². The number of Topliss-reactive ketones (excluding diaryl/α,β-unsaturated/α-hetero) is 1. The number of carbonyl (C=O) groups is 4. The molecule has 7 heteroatoms. The second-order valence-electron chi connectivity index (χ2n) is 6.05. The molecule has 2 rings (SSSR count). The third-order valence-electron chi connectivity index (χ3n) is 3.95. The Morgan fingerprint density at radius 1 is 0.893 bits per heavy atom. The number of rotatable bonds is 7. The first-order valence-corrected chi connectivity index (χ1v) is 8.78. The molecule has 0 saturated heterocycles. The van der Waals surface area contributed by atoms with E-state index in [-0.39, 0.29) is 24.8 Å². The summed E-state index contributed by atoms with van der Waals surface area (Å²) in [7, 11) is 0. The van der Waals surface area contributed by atoms with Crippen molar-refractivity contribution in [1.29, 1.82) is 0 Å². The maximum atomic E-state index is 12.3. The minimum atomic E-state index is -0.433. The van der Waals surface area contributed by atoms with Crippen LogP contribution in [0.4, 0.5) is 11.4 Å². The average Bonchev–Trinajstić information content (AvgIpc) is 2.66. The molecular weight excluding hydrogens is 360 g/mol. The number of benzene rings is 2. The predicted octanol–water partition coefficient (Wildman–Crippen LogP) is 3.06. The molecule has 0 spiro atoms. The number of amides is 2. The Morgan fingerprint density at radius 3 is 1.96 bits per heavy atom. The van der Waals surface area contributed by atoms with Gasteiger partial charge in [0.1, 0.15) is 6.54 Å². The molecule has 0 bridgehead atoms. The van der Waals surface area contributed by atoms with Crippen molar-refractivity contribution in [3.05, 3.63) is 59.7 Å². The number of carbonyl (C=O) groups excluding carboxylic acids is 4. The number of ether oxygens (including phenoxy) is 1. The highest BCUT2D eigenvalue weighted by molar-refractivity contribution is 6.02. The molecule has 0 aliphatic carbocycles. The molecule has 0 atom stereocenters. The van der Waals surface area contributed by atoms with Crippen molar-refractivity contribution in [3.63, 3.8) is 0 Å². The molecule has 0 aliphatic heterocycles. The minimum Gasteiger partial charge on any atom is -0.462 e. The lowest BCUT2D eigenvalue weighted by Gasteiger charge is -2.21. The lowest BCUT2D eigenvalue weighted by atomic mass is 10.1. The van der Waals surface area contributed by atoms with Crippen LogP contribution in [0.5, 0.6) is 0 Å². The van der Waals surface area contributed by atoms with Gasteiger partial charge in [-0.15, -0.1) is 0 Å². The summed E-state index contributed by atoms with van der Waals surface area (Å²) in [6.45, 7) is 4.64. The maximum absolute atomic E-state index is 12.3. The molecule has 0 aromatic heterocycles. The van der Waals surface area contributed by atoms with Gasteiger partial charge in [0, 0.05) is 23.9 Å².